The van der Waals surface area contributed by atoms with E-state index in [0.29, 0.717) is 28.0 Å². The summed E-state index contributed by atoms with van der Waals surface area (Å²) in [5, 5.41) is 0.354. The first-order valence-electron chi connectivity index (χ1n) is 8.43. The third-order valence-electron chi connectivity index (χ3n) is 4.44. The molecule has 0 saturated carbocycles. The number of hydrogen-bond donors (Lipinski definition) is 0. The standard InChI is InChI=1S/C20H20ClNO5/c1-12-4-6-14(7-5-12)27-20(24)13-8-19(23)22(11-13)16-9-15(21)17(25-2)10-18(16)26-3/h4-7,9-10,13H,8,11H2,1-3H3. The van der Waals surface area contributed by atoms with Crippen molar-refractivity contribution in [2.45, 2.75) is 13.3 Å². The molecule has 0 radical (unpaired) electrons. The molecule has 1 unspecified atom stereocenters. The van der Waals surface area contributed by atoms with Crippen LogP contribution in [-0.2, 0) is 9.59 Å². The number of carbonyl (C=O) groups excluding carboxylic acids is 2. The molecule has 1 atom stereocenters. The maximum atomic E-state index is 12.5. The molecule has 0 aliphatic carbocycles. The molecule has 2 aromatic rings. The quantitative estimate of drug-likeness (QED) is 0.577. The molecule has 1 heterocycles. The lowest BCUT2D eigenvalue weighted by Crippen LogP contribution is -2.27. The molecule has 7 heteroatoms. The molecule has 1 saturated heterocycles. The van der Waals surface area contributed by atoms with Crippen LogP contribution in [0.2, 0.25) is 5.02 Å². The zero-order valence-electron chi connectivity index (χ0n) is 15.3. The molecule has 142 valence electrons. The van der Waals surface area contributed by atoms with Crippen LogP contribution in [0.15, 0.2) is 36.4 Å². The molecule has 1 aliphatic rings. The van der Waals surface area contributed by atoms with Gasteiger partial charge in [-0.3, -0.25) is 9.59 Å². The lowest BCUT2D eigenvalue weighted by Gasteiger charge is -2.20. The van der Waals surface area contributed by atoms with Crippen molar-refractivity contribution in [3.05, 3.63) is 47.0 Å². The van der Waals surface area contributed by atoms with E-state index >= 15 is 0 Å². The number of methoxy groups -OCH3 is 2. The van der Waals surface area contributed by atoms with E-state index < -0.39 is 11.9 Å². The summed E-state index contributed by atoms with van der Waals surface area (Å²) in [5.41, 5.74) is 1.57. The van der Waals surface area contributed by atoms with E-state index in [0.717, 1.165) is 5.56 Å². The van der Waals surface area contributed by atoms with E-state index in [2.05, 4.69) is 0 Å². The summed E-state index contributed by atoms with van der Waals surface area (Å²) in [6.45, 7) is 2.15. The smallest absolute Gasteiger partial charge is 0.316 e. The second-order valence-electron chi connectivity index (χ2n) is 6.30. The normalized spacial score (nSPS) is 16.4. The van der Waals surface area contributed by atoms with Crippen molar-refractivity contribution >= 4 is 29.2 Å². The van der Waals surface area contributed by atoms with Gasteiger partial charge in [0, 0.05) is 19.0 Å². The van der Waals surface area contributed by atoms with E-state index in [9.17, 15) is 9.59 Å². The largest absolute Gasteiger partial charge is 0.495 e. The SMILES string of the molecule is COc1cc(OC)c(N2CC(C(=O)Oc3ccc(C)cc3)CC2=O)cc1Cl. The van der Waals surface area contributed by atoms with Crippen LogP contribution >= 0.6 is 11.6 Å². The summed E-state index contributed by atoms with van der Waals surface area (Å²) in [7, 11) is 2.99. The Labute approximate surface area is 162 Å². The maximum Gasteiger partial charge on any atom is 0.316 e. The number of hydrogen-bond acceptors (Lipinski definition) is 5. The molecule has 0 N–H and O–H groups in total. The lowest BCUT2D eigenvalue weighted by atomic mass is 10.1. The van der Waals surface area contributed by atoms with Crippen LogP contribution < -0.4 is 19.1 Å². The molecular formula is C20H20ClNO5. The number of halogens is 1. The minimum atomic E-state index is -0.565. The predicted molar refractivity (Wildman–Crippen MR) is 102 cm³/mol. The number of ether oxygens (including phenoxy) is 3. The fourth-order valence-corrected chi connectivity index (χ4v) is 3.19. The van der Waals surface area contributed by atoms with Crippen LogP contribution in [0, 0.1) is 12.8 Å². The van der Waals surface area contributed by atoms with Gasteiger partial charge in [-0.05, 0) is 25.1 Å². The fourth-order valence-electron chi connectivity index (χ4n) is 2.96. The molecule has 6 nitrogen and oxygen atoms in total. The van der Waals surface area contributed by atoms with Gasteiger partial charge < -0.3 is 19.1 Å². The van der Waals surface area contributed by atoms with Crippen molar-refractivity contribution in [3.63, 3.8) is 0 Å². The van der Waals surface area contributed by atoms with Gasteiger partial charge in [0.1, 0.15) is 17.2 Å². The Hall–Kier alpha value is -2.73. The predicted octanol–water partition coefficient (Wildman–Crippen LogP) is 3.62. The second kappa shape index (κ2) is 7.88. The molecule has 1 amide bonds. The summed E-state index contributed by atoms with van der Waals surface area (Å²) < 4.78 is 15.9. The minimum absolute atomic E-state index is 0.0670. The van der Waals surface area contributed by atoms with Gasteiger partial charge >= 0.3 is 5.97 Å². The van der Waals surface area contributed by atoms with Gasteiger partial charge in [0.15, 0.2) is 0 Å². The number of rotatable bonds is 5. The Bertz CT molecular complexity index is 865. The van der Waals surface area contributed by atoms with E-state index in [-0.39, 0.29) is 18.9 Å². The Kier molecular flexibility index (Phi) is 5.56. The lowest BCUT2D eigenvalue weighted by molar-refractivity contribution is -0.139. The van der Waals surface area contributed by atoms with Crippen LogP contribution in [0.25, 0.3) is 0 Å². The van der Waals surface area contributed by atoms with Crippen molar-refractivity contribution in [2.24, 2.45) is 5.92 Å². The van der Waals surface area contributed by atoms with E-state index in [1.165, 1.54) is 19.1 Å². The fraction of sp³-hybridized carbons (Fsp3) is 0.300. The second-order valence-corrected chi connectivity index (χ2v) is 6.71. The van der Waals surface area contributed by atoms with Gasteiger partial charge in [-0.2, -0.15) is 0 Å². The van der Waals surface area contributed by atoms with E-state index in [4.69, 9.17) is 25.8 Å². The number of nitrogens with zero attached hydrogens (tertiary/aromatic N) is 1. The molecule has 1 aliphatic heterocycles. The molecule has 3 rings (SSSR count). The first-order chi connectivity index (χ1) is 12.9. The van der Waals surface area contributed by atoms with Crippen LogP contribution in [-0.4, -0.2) is 32.6 Å². The Morgan fingerprint density at radius 2 is 1.78 bits per heavy atom. The molecule has 0 aromatic heterocycles. The molecular weight excluding hydrogens is 370 g/mol. The summed E-state index contributed by atoms with van der Waals surface area (Å²) in [6.07, 6.45) is 0.0670. The third kappa shape index (κ3) is 4.01. The Balaban J connectivity index is 1.78. The Morgan fingerprint density at radius 3 is 2.41 bits per heavy atom. The summed E-state index contributed by atoms with van der Waals surface area (Å²) in [4.78, 5) is 26.5. The third-order valence-corrected chi connectivity index (χ3v) is 4.74. The van der Waals surface area contributed by atoms with Gasteiger partial charge in [0.2, 0.25) is 5.91 Å². The average molecular weight is 390 g/mol. The molecule has 0 bridgehead atoms. The first-order valence-corrected chi connectivity index (χ1v) is 8.81. The zero-order valence-corrected chi connectivity index (χ0v) is 16.1. The van der Waals surface area contributed by atoms with Crippen molar-refractivity contribution < 1.29 is 23.8 Å². The summed E-state index contributed by atoms with van der Waals surface area (Å²) >= 11 is 6.19. The highest BCUT2D eigenvalue weighted by atomic mass is 35.5. The highest BCUT2D eigenvalue weighted by Gasteiger charge is 2.37. The van der Waals surface area contributed by atoms with Crippen LogP contribution in [0.4, 0.5) is 5.69 Å². The van der Waals surface area contributed by atoms with Crippen molar-refractivity contribution in [1.82, 2.24) is 0 Å². The highest BCUT2D eigenvalue weighted by molar-refractivity contribution is 6.32. The van der Waals surface area contributed by atoms with Crippen LogP contribution in [0.3, 0.4) is 0 Å². The highest BCUT2D eigenvalue weighted by Crippen LogP contribution is 2.40. The van der Waals surface area contributed by atoms with E-state index in [1.54, 1.807) is 24.3 Å². The van der Waals surface area contributed by atoms with Gasteiger partial charge in [-0.1, -0.05) is 29.3 Å². The zero-order chi connectivity index (χ0) is 19.6. The van der Waals surface area contributed by atoms with Crippen molar-refractivity contribution in [1.29, 1.82) is 0 Å². The van der Waals surface area contributed by atoms with Crippen molar-refractivity contribution in [2.75, 3.05) is 25.7 Å². The van der Waals surface area contributed by atoms with Crippen LogP contribution in [0.5, 0.6) is 17.2 Å². The van der Waals surface area contributed by atoms with Crippen molar-refractivity contribution in [3.8, 4) is 17.2 Å². The van der Waals surface area contributed by atoms with Gasteiger partial charge in [-0.25, -0.2) is 0 Å². The number of anilines is 1. The average Bonchev–Trinajstić information content (AvgIpc) is 3.05. The number of benzene rings is 2. The monoisotopic (exact) mass is 389 g/mol. The number of aryl methyl sites for hydroxylation is 1. The molecule has 0 spiro atoms. The van der Waals surface area contributed by atoms with Gasteiger partial charge in [-0.15, -0.1) is 0 Å². The molecule has 27 heavy (non-hydrogen) atoms. The topological polar surface area (TPSA) is 65.1 Å². The first kappa shape index (κ1) is 19.0. The maximum absolute atomic E-state index is 12.5. The summed E-state index contributed by atoms with van der Waals surface area (Å²) in [5.74, 6) is 0.149. The summed E-state index contributed by atoms with van der Waals surface area (Å²) in [6, 6.07) is 10.4. The van der Waals surface area contributed by atoms with Gasteiger partial charge in [0.25, 0.3) is 0 Å². The van der Waals surface area contributed by atoms with E-state index in [1.807, 2.05) is 19.1 Å². The number of esters is 1. The molecule has 2 aromatic carbocycles. The number of carbonyl (C=O) groups is 2. The minimum Gasteiger partial charge on any atom is -0.495 e. The van der Waals surface area contributed by atoms with Gasteiger partial charge in [0.05, 0.1) is 30.8 Å². The molecule has 1 fully saturated rings. The number of amides is 1. The Morgan fingerprint density at radius 1 is 1.11 bits per heavy atom. The van der Waals surface area contributed by atoms with Crippen LogP contribution in [0.1, 0.15) is 12.0 Å².